The van der Waals surface area contributed by atoms with Gasteiger partial charge in [-0.05, 0) is 58.0 Å². The van der Waals surface area contributed by atoms with Gasteiger partial charge in [0.05, 0.1) is 0 Å². The topological polar surface area (TPSA) is 66.6 Å². The van der Waals surface area contributed by atoms with Crippen molar-refractivity contribution in [1.29, 1.82) is 0 Å². The lowest BCUT2D eigenvalue weighted by Gasteiger charge is -2.19. The molecule has 31 heavy (non-hydrogen) atoms. The van der Waals surface area contributed by atoms with Gasteiger partial charge in [-0.15, -0.1) is 0 Å². The number of amides is 2. The maximum atomic E-state index is 11.5. The molecule has 4 rings (SSSR count). The molecule has 0 aliphatic carbocycles. The Hall–Kier alpha value is -2.09. The number of anilines is 3. The zero-order chi connectivity index (χ0) is 22.4. The van der Waals surface area contributed by atoms with E-state index in [1.54, 1.807) is 18.7 Å². The average Bonchev–Trinajstić information content (AvgIpc) is 3.05. The molecule has 0 bridgehead atoms. The number of nitrogens with zero attached hydrogens (tertiary/aromatic N) is 2. The molecule has 2 aliphatic heterocycles. The molecule has 2 heterocycles. The van der Waals surface area contributed by atoms with Crippen LogP contribution in [0.15, 0.2) is 36.4 Å². The number of carbonyl (C=O) groups excluding carboxylic acids is 2. The molecule has 0 fully saturated rings. The van der Waals surface area contributed by atoms with Crippen LogP contribution >= 0.6 is 22.6 Å². The summed E-state index contributed by atoms with van der Waals surface area (Å²) in [5.74, 6) is 0.205. The normalized spacial score (nSPS) is 17.1. The lowest BCUT2D eigenvalue weighted by Crippen LogP contribution is -2.31. The molecule has 2 amide bonds. The predicted molar refractivity (Wildman–Crippen MR) is 139 cm³/mol. The molecule has 6 heteroatoms. The van der Waals surface area contributed by atoms with E-state index in [2.05, 4.69) is 68.5 Å². The van der Waals surface area contributed by atoms with Gasteiger partial charge in [-0.3, -0.25) is 9.59 Å². The summed E-state index contributed by atoms with van der Waals surface area (Å²) in [6.45, 7) is 13.4. The second-order valence-corrected chi connectivity index (χ2v) is 10.7. The van der Waals surface area contributed by atoms with Crippen LogP contribution in [0.5, 0.6) is 0 Å². The molecule has 0 atom stereocenters. The summed E-state index contributed by atoms with van der Waals surface area (Å²) in [7, 11) is 0. The van der Waals surface area contributed by atoms with Crippen LogP contribution in [0.3, 0.4) is 0 Å². The van der Waals surface area contributed by atoms with Crippen molar-refractivity contribution in [2.45, 2.75) is 59.8 Å². The summed E-state index contributed by atoms with van der Waals surface area (Å²) in [6.07, 6.45) is 0. The zero-order valence-electron chi connectivity index (χ0n) is 18.5. The summed E-state index contributed by atoms with van der Waals surface area (Å²) in [4.78, 5) is 26.7. The Bertz CT molecular complexity index is 932. The molecular formula is C25H34IN3O2. The van der Waals surface area contributed by atoms with E-state index in [9.17, 15) is 9.59 Å². The number of carbonyl (C=O) groups is 2. The van der Waals surface area contributed by atoms with Gasteiger partial charge in [0.25, 0.3) is 0 Å². The highest BCUT2D eigenvalue weighted by Crippen LogP contribution is 2.42. The Balaban J connectivity index is 0.000000213. The molecule has 0 unspecified atom stereocenters. The van der Waals surface area contributed by atoms with E-state index in [1.807, 2.05) is 23.1 Å². The van der Waals surface area contributed by atoms with Crippen molar-refractivity contribution in [2.24, 2.45) is 0 Å². The quantitative estimate of drug-likeness (QED) is 0.359. The fraction of sp³-hybridized carbons (Fsp3) is 0.440. The van der Waals surface area contributed by atoms with E-state index < -0.39 is 0 Å². The highest BCUT2D eigenvalue weighted by atomic mass is 127. The number of halogens is 1. The molecule has 0 aromatic heterocycles. The lowest BCUT2D eigenvalue weighted by atomic mass is 9.87. The number of benzene rings is 2. The first-order valence-electron chi connectivity index (χ1n) is 10.1. The van der Waals surface area contributed by atoms with Crippen molar-refractivity contribution in [3.63, 3.8) is 0 Å². The van der Waals surface area contributed by atoms with Crippen molar-refractivity contribution in [2.75, 3.05) is 28.6 Å². The van der Waals surface area contributed by atoms with Crippen molar-refractivity contribution in [3.05, 3.63) is 51.1 Å². The summed E-state index contributed by atoms with van der Waals surface area (Å²) in [5.41, 5.74) is 11.1. The van der Waals surface area contributed by atoms with Gasteiger partial charge in [-0.25, -0.2) is 0 Å². The third kappa shape index (κ3) is 4.89. The highest BCUT2D eigenvalue weighted by Gasteiger charge is 2.37. The van der Waals surface area contributed by atoms with E-state index in [0.29, 0.717) is 5.69 Å². The predicted octanol–water partition coefficient (Wildman–Crippen LogP) is 5.48. The van der Waals surface area contributed by atoms with Crippen LogP contribution in [0.25, 0.3) is 0 Å². The number of rotatable bonds is 0. The van der Waals surface area contributed by atoms with Gasteiger partial charge < -0.3 is 15.5 Å². The Morgan fingerprint density at radius 3 is 1.71 bits per heavy atom. The smallest absolute Gasteiger partial charge is 0.223 e. The van der Waals surface area contributed by atoms with Gasteiger partial charge in [0.2, 0.25) is 11.8 Å². The van der Waals surface area contributed by atoms with E-state index in [1.165, 1.54) is 14.7 Å². The second-order valence-electron chi connectivity index (χ2n) is 9.42. The van der Waals surface area contributed by atoms with E-state index >= 15 is 0 Å². The molecule has 0 spiro atoms. The number of nitrogens with two attached hydrogens (primary N) is 1. The monoisotopic (exact) mass is 535 g/mol. The Labute approximate surface area is 200 Å². The number of nitrogen functional groups attached to an aromatic ring is 1. The SMILES string of the molecule is C.CC(=O)N1CC(C)(C)c2ccc(I)cc21.CC(=O)N1CC(C)(C)c2ccc(N)cc21. The van der Waals surface area contributed by atoms with Gasteiger partial charge in [0, 0.05) is 58.4 Å². The third-order valence-electron chi connectivity index (χ3n) is 5.89. The van der Waals surface area contributed by atoms with Crippen molar-refractivity contribution in [1.82, 2.24) is 0 Å². The first-order valence-corrected chi connectivity index (χ1v) is 11.2. The summed E-state index contributed by atoms with van der Waals surface area (Å²) >= 11 is 2.28. The largest absolute Gasteiger partial charge is 0.399 e. The number of hydrogen-bond donors (Lipinski definition) is 1. The van der Waals surface area contributed by atoms with Crippen molar-refractivity contribution >= 4 is 51.5 Å². The average molecular weight is 535 g/mol. The Kier molecular flexibility index (Phi) is 7.15. The summed E-state index contributed by atoms with van der Waals surface area (Å²) in [6, 6.07) is 12.1. The number of fused-ring (bicyclic) bond motifs is 2. The Morgan fingerprint density at radius 2 is 1.26 bits per heavy atom. The number of hydrogen-bond acceptors (Lipinski definition) is 3. The standard InChI is InChI=1S/C12H14INO.C12H16N2O.CH4/c2*1-8(15)14-7-12(2,3)10-5-4-9(13)6-11(10)14;/h4-6H,7H2,1-3H3;4-6H,7,13H2,1-3H3;1H4. The second kappa shape index (κ2) is 8.81. The van der Waals surface area contributed by atoms with Crippen LogP contribution in [-0.4, -0.2) is 24.9 Å². The van der Waals surface area contributed by atoms with Crippen LogP contribution in [-0.2, 0) is 20.4 Å². The third-order valence-corrected chi connectivity index (χ3v) is 6.56. The molecule has 2 aromatic carbocycles. The highest BCUT2D eigenvalue weighted by molar-refractivity contribution is 14.1. The molecule has 2 aliphatic rings. The molecule has 5 nitrogen and oxygen atoms in total. The van der Waals surface area contributed by atoms with Gasteiger partial charge >= 0.3 is 0 Å². The Morgan fingerprint density at radius 1 is 0.839 bits per heavy atom. The van der Waals surface area contributed by atoms with Gasteiger partial charge in [-0.1, -0.05) is 47.3 Å². The molecule has 0 saturated carbocycles. The minimum atomic E-state index is 0. The maximum absolute atomic E-state index is 11.5. The molecule has 168 valence electrons. The van der Waals surface area contributed by atoms with Crippen LogP contribution in [0.4, 0.5) is 17.1 Å². The van der Waals surface area contributed by atoms with Crippen molar-refractivity contribution in [3.8, 4) is 0 Å². The lowest BCUT2D eigenvalue weighted by molar-refractivity contribution is -0.117. The van der Waals surface area contributed by atoms with Gasteiger partial charge in [0.1, 0.15) is 0 Å². The van der Waals surface area contributed by atoms with Gasteiger partial charge in [-0.2, -0.15) is 0 Å². The zero-order valence-corrected chi connectivity index (χ0v) is 20.7. The molecule has 0 saturated heterocycles. The molecule has 0 radical (unpaired) electrons. The van der Waals surface area contributed by atoms with Crippen LogP contribution in [0, 0.1) is 3.57 Å². The molecule has 2 N–H and O–H groups in total. The van der Waals surface area contributed by atoms with E-state index in [-0.39, 0.29) is 30.1 Å². The fourth-order valence-corrected chi connectivity index (χ4v) is 4.81. The molecular weight excluding hydrogens is 501 g/mol. The van der Waals surface area contributed by atoms with Crippen LogP contribution < -0.4 is 15.5 Å². The summed E-state index contributed by atoms with van der Waals surface area (Å²) < 4.78 is 1.18. The van der Waals surface area contributed by atoms with E-state index in [4.69, 9.17) is 5.73 Å². The van der Waals surface area contributed by atoms with Crippen molar-refractivity contribution < 1.29 is 9.59 Å². The maximum Gasteiger partial charge on any atom is 0.223 e. The van der Waals surface area contributed by atoms with Crippen LogP contribution in [0.2, 0.25) is 0 Å². The van der Waals surface area contributed by atoms with Gasteiger partial charge in [0.15, 0.2) is 0 Å². The summed E-state index contributed by atoms with van der Waals surface area (Å²) in [5, 5.41) is 0. The van der Waals surface area contributed by atoms with Crippen LogP contribution in [0.1, 0.15) is 60.1 Å². The minimum Gasteiger partial charge on any atom is -0.399 e. The van der Waals surface area contributed by atoms with E-state index in [0.717, 1.165) is 24.5 Å². The first-order chi connectivity index (χ1) is 13.8. The molecule has 2 aromatic rings. The fourth-order valence-electron chi connectivity index (χ4n) is 4.34. The first kappa shape index (κ1) is 25.2. The minimum absolute atomic E-state index is 0.